The molecule has 19 heavy (non-hydrogen) atoms. The summed E-state index contributed by atoms with van der Waals surface area (Å²) < 4.78 is 0. The topological polar surface area (TPSA) is 24.4 Å². The quantitative estimate of drug-likeness (QED) is 0.930. The van der Waals surface area contributed by atoms with Crippen LogP contribution in [0.3, 0.4) is 0 Å². The van der Waals surface area contributed by atoms with Crippen LogP contribution < -0.4 is 5.32 Å². The highest BCUT2D eigenvalue weighted by Crippen LogP contribution is 2.18. The monoisotopic (exact) mass is 288 g/mol. The minimum Gasteiger partial charge on any atom is -0.361 e. The Bertz CT molecular complexity index is 535. The van der Waals surface area contributed by atoms with Gasteiger partial charge in [-0.2, -0.15) is 11.3 Å². The van der Waals surface area contributed by atoms with Gasteiger partial charge in [-0.05, 0) is 34.4 Å². The lowest BCUT2D eigenvalue weighted by atomic mass is 10.1. The van der Waals surface area contributed by atoms with Crippen molar-refractivity contribution in [2.24, 2.45) is 4.99 Å². The molecule has 0 bridgehead atoms. The molecule has 1 aliphatic heterocycles. The van der Waals surface area contributed by atoms with E-state index in [0.29, 0.717) is 6.04 Å². The molecule has 0 saturated carbocycles. The van der Waals surface area contributed by atoms with Crippen molar-refractivity contribution in [1.82, 2.24) is 5.32 Å². The van der Waals surface area contributed by atoms with Crippen LogP contribution in [0.1, 0.15) is 11.1 Å². The molecular weight excluding hydrogens is 272 g/mol. The van der Waals surface area contributed by atoms with Crippen LogP contribution in [0.25, 0.3) is 0 Å². The first-order valence-corrected chi connectivity index (χ1v) is 8.32. The first kappa shape index (κ1) is 12.8. The predicted molar refractivity (Wildman–Crippen MR) is 85.0 cm³/mol. The Morgan fingerprint density at radius 2 is 2.05 bits per heavy atom. The third kappa shape index (κ3) is 3.61. The van der Waals surface area contributed by atoms with E-state index in [4.69, 9.17) is 0 Å². The summed E-state index contributed by atoms with van der Waals surface area (Å²) in [5.74, 6) is 1.11. The number of rotatable bonds is 4. The molecule has 1 N–H and O–H groups in total. The second-order valence-electron chi connectivity index (χ2n) is 4.59. The van der Waals surface area contributed by atoms with Crippen LogP contribution in [0.4, 0.5) is 0 Å². The molecule has 1 aliphatic rings. The molecule has 2 nitrogen and oxygen atoms in total. The maximum absolute atomic E-state index is 4.63. The summed E-state index contributed by atoms with van der Waals surface area (Å²) in [6, 6.07) is 13.3. The van der Waals surface area contributed by atoms with Gasteiger partial charge in [0.15, 0.2) is 5.17 Å². The summed E-state index contributed by atoms with van der Waals surface area (Å²) in [6.07, 6.45) is 1.07. The Hall–Kier alpha value is -1.26. The van der Waals surface area contributed by atoms with E-state index in [0.717, 1.165) is 23.9 Å². The Morgan fingerprint density at radius 1 is 1.16 bits per heavy atom. The van der Waals surface area contributed by atoms with Gasteiger partial charge < -0.3 is 5.32 Å². The molecule has 1 aromatic heterocycles. The minimum atomic E-state index is 0.508. The van der Waals surface area contributed by atoms with E-state index in [1.165, 1.54) is 11.1 Å². The molecule has 1 atom stereocenters. The SMILES string of the molecule is c1ccc(CC2CSC(=NCc3ccsc3)N2)cc1. The van der Waals surface area contributed by atoms with E-state index in [2.05, 4.69) is 57.5 Å². The van der Waals surface area contributed by atoms with Gasteiger partial charge in [-0.25, -0.2) is 0 Å². The summed E-state index contributed by atoms with van der Waals surface area (Å²) in [5.41, 5.74) is 2.69. The molecule has 3 rings (SSSR count). The van der Waals surface area contributed by atoms with Crippen molar-refractivity contribution < 1.29 is 0 Å². The Labute approximate surface area is 122 Å². The van der Waals surface area contributed by atoms with Gasteiger partial charge in [0.1, 0.15) is 0 Å². The maximum Gasteiger partial charge on any atom is 0.157 e. The number of aliphatic imine (C=N–C) groups is 1. The van der Waals surface area contributed by atoms with Gasteiger partial charge in [-0.15, -0.1) is 0 Å². The highest BCUT2D eigenvalue weighted by atomic mass is 32.2. The number of hydrogen-bond acceptors (Lipinski definition) is 3. The summed E-state index contributed by atoms with van der Waals surface area (Å²) in [4.78, 5) is 4.63. The average Bonchev–Trinajstić information content (AvgIpc) is 3.09. The van der Waals surface area contributed by atoms with Crippen molar-refractivity contribution in [3.8, 4) is 0 Å². The Kier molecular flexibility index (Phi) is 4.20. The number of nitrogens with one attached hydrogen (secondary N) is 1. The van der Waals surface area contributed by atoms with Crippen LogP contribution in [0.5, 0.6) is 0 Å². The standard InChI is InChI=1S/C15H16N2S2/c1-2-4-12(5-3-1)8-14-11-19-15(17-14)16-9-13-6-7-18-10-13/h1-7,10,14H,8-9,11H2,(H,16,17). The zero-order chi connectivity index (χ0) is 12.9. The molecule has 4 heteroatoms. The molecule has 1 saturated heterocycles. The highest BCUT2D eigenvalue weighted by molar-refractivity contribution is 8.14. The van der Waals surface area contributed by atoms with Crippen molar-refractivity contribution in [2.75, 3.05) is 5.75 Å². The molecule has 1 aromatic carbocycles. The second-order valence-corrected chi connectivity index (χ2v) is 6.38. The van der Waals surface area contributed by atoms with Crippen LogP contribution in [0, 0.1) is 0 Å². The normalized spacial score (nSPS) is 20.6. The first-order chi connectivity index (χ1) is 9.40. The van der Waals surface area contributed by atoms with Gasteiger partial charge in [-0.3, -0.25) is 4.99 Å². The molecule has 1 unspecified atom stereocenters. The Balaban J connectivity index is 1.54. The van der Waals surface area contributed by atoms with E-state index in [-0.39, 0.29) is 0 Å². The summed E-state index contributed by atoms with van der Waals surface area (Å²) in [5, 5.41) is 8.87. The van der Waals surface area contributed by atoms with Gasteiger partial charge >= 0.3 is 0 Å². The smallest absolute Gasteiger partial charge is 0.157 e. The molecule has 0 aliphatic carbocycles. The van der Waals surface area contributed by atoms with Crippen LogP contribution in [0.2, 0.25) is 0 Å². The van der Waals surface area contributed by atoms with E-state index in [1.807, 2.05) is 11.8 Å². The lowest BCUT2D eigenvalue weighted by Gasteiger charge is -2.09. The third-order valence-corrected chi connectivity index (χ3v) is 4.88. The fraction of sp³-hybridized carbons (Fsp3) is 0.267. The van der Waals surface area contributed by atoms with Crippen LogP contribution >= 0.6 is 23.1 Å². The van der Waals surface area contributed by atoms with Crippen LogP contribution in [-0.2, 0) is 13.0 Å². The maximum atomic E-state index is 4.63. The third-order valence-electron chi connectivity index (χ3n) is 3.06. The summed E-state index contributed by atoms with van der Waals surface area (Å²) >= 11 is 3.56. The fourth-order valence-electron chi connectivity index (χ4n) is 2.08. The lowest BCUT2D eigenvalue weighted by Crippen LogP contribution is -2.28. The van der Waals surface area contributed by atoms with Crippen molar-refractivity contribution in [3.63, 3.8) is 0 Å². The molecule has 1 fully saturated rings. The summed E-state index contributed by atoms with van der Waals surface area (Å²) in [6.45, 7) is 0.789. The second kappa shape index (κ2) is 6.26. The largest absolute Gasteiger partial charge is 0.361 e. The fourth-order valence-corrected chi connectivity index (χ4v) is 3.71. The molecule has 0 amide bonds. The van der Waals surface area contributed by atoms with Gasteiger partial charge in [0, 0.05) is 11.8 Å². The van der Waals surface area contributed by atoms with Gasteiger partial charge in [0.2, 0.25) is 0 Å². The lowest BCUT2D eigenvalue weighted by molar-refractivity contribution is 0.686. The van der Waals surface area contributed by atoms with E-state index >= 15 is 0 Å². The van der Waals surface area contributed by atoms with Gasteiger partial charge in [0.05, 0.1) is 6.54 Å². The summed E-state index contributed by atoms with van der Waals surface area (Å²) in [7, 11) is 0. The minimum absolute atomic E-state index is 0.508. The number of amidine groups is 1. The van der Waals surface area contributed by atoms with Crippen molar-refractivity contribution >= 4 is 28.3 Å². The van der Waals surface area contributed by atoms with Crippen molar-refractivity contribution in [3.05, 3.63) is 58.3 Å². The predicted octanol–water partition coefficient (Wildman–Crippen LogP) is 3.55. The molecular formula is C15H16N2S2. The zero-order valence-electron chi connectivity index (χ0n) is 10.6. The number of benzene rings is 1. The molecule has 98 valence electrons. The van der Waals surface area contributed by atoms with Gasteiger partial charge in [-0.1, -0.05) is 42.1 Å². The first-order valence-electron chi connectivity index (χ1n) is 6.39. The van der Waals surface area contributed by atoms with E-state index in [9.17, 15) is 0 Å². The number of nitrogens with zero attached hydrogens (tertiary/aromatic N) is 1. The molecule has 0 radical (unpaired) electrons. The average molecular weight is 288 g/mol. The van der Waals surface area contributed by atoms with Crippen LogP contribution in [0.15, 0.2) is 52.2 Å². The van der Waals surface area contributed by atoms with Crippen LogP contribution in [-0.4, -0.2) is 17.0 Å². The van der Waals surface area contributed by atoms with E-state index < -0.39 is 0 Å². The van der Waals surface area contributed by atoms with Crippen molar-refractivity contribution in [2.45, 2.75) is 19.0 Å². The molecule has 2 aromatic rings. The number of thiophene rings is 1. The zero-order valence-corrected chi connectivity index (χ0v) is 12.2. The van der Waals surface area contributed by atoms with E-state index in [1.54, 1.807) is 11.3 Å². The molecule has 2 heterocycles. The highest BCUT2D eigenvalue weighted by Gasteiger charge is 2.20. The van der Waals surface area contributed by atoms with Gasteiger partial charge in [0.25, 0.3) is 0 Å². The van der Waals surface area contributed by atoms with Crippen molar-refractivity contribution in [1.29, 1.82) is 0 Å². The Morgan fingerprint density at radius 3 is 2.84 bits per heavy atom. The number of hydrogen-bond donors (Lipinski definition) is 1. The molecule has 0 spiro atoms. The number of thioether (sulfide) groups is 1.